The molecule has 0 radical (unpaired) electrons. The Kier molecular flexibility index (Phi) is 6.17. The third-order valence-electron chi connectivity index (χ3n) is 2.84. The van der Waals surface area contributed by atoms with Crippen LogP contribution < -0.4 is 5.32 Å². The van der Waals surface area contributed by atoms with Gasteiger partial charge in [0.25, 0.3) is 0 Å². The predicted molar refractivity (Wildman–Crippen MR) is 61.0 cm³/mol. The zero-order valence-electron chi connectivity index (χ0n) is 9.91. The molecule has 1 saturated heterocycles. The summed E-state index contributed by atoms with van der Waals surface area (Å²) in [6.07, 6.45) is 2.45. The number of hydrogen-bond acceptors (Lipinski definition) is 4. The minimum Gasteiger partial charge on any atom is -0.390 e. The molecule has 0 saturated carbocycles. The van der Waals surface area contributed by atoms with E-state index in [2.05, 4.69) is 17.1 Å². The molecule has 0 spiro atoms. The molecule has 2 unspecified atom stereocenters. The lowest BCUT2D eigenvalue weighted by atomic mass is 10.2. The van der Waals surface area contributed by atoms with Crippen LogP contribution in [-0.4, -0.2) is 62.0 Å². The minimum absolute atomic E-state index is 0.281. The molecular formula is C11H24N2O2. The highest BCUT2D eigenvalue weighted by Gasteiger charge is 2.19. The third kappa shape index (κ3) is 4.93. The Balaban J connectivity index is 2.21. The second kappa shape index (κ2) is 7.17. The van der Waals surface area contributed by atoms with Crippen LogP contribution >= 0.6 is 0 Å². The van der Waals surface area contributed by atoms with Crippen LogP contribution in [0.15, 0.2) is 0 Å². The van der Waals surface area contributed by atoms with Crippen molar-refractivity contribution in [1.29, 1.82) is 0 Å². The van der Waals surface area contributed by atoms with Gasteiger partial charge in [0.1, 0.15) is 0 Å². The van der Waals surface area contributed by atoms with Gasteiger partial charge in [-0.05, 0) is 26.4 Å². The van der Waals surface area contributed by atoms with Crippen molar-refractivity contribution in [1.82, 2.24) is 10.2 Å². The van der Waals surface area contributed by atoms with Crippen LogP contribution in [0.5, 0.6) is 0 Å². The van der Waals surface area contributed by atoms with Gasteiger partial charge in [-0.15, -0.1) is 0 Å². The summed E-state index contributed by atoms with van der Waals surface area (Å²) in [6.45, 7) is 6.35. The van der Waals surface area contributed by atoms with E-state index in [1.807, 2.05) is 7.05 Å². The molecule has 1 fully saturated rings. The zero-order chi connectivity index (χ0) is 11.1. The predicted octanol–water partition coefficient (Wildman–Crippen LogP) is 0.0676. The summed E-state index contributed by atoms with van der Waals surface area (Å²) in [6, 6.07) is 0. The second-order valence-electron chi connectivity index (χ2n) is 4.20. The molecule has 4 heteroatoms. The van der Waals surface area contributed by atoms with Crippen molar-refractivity contribution in [2.45, 2.75) is 32.0 Å². The molecule has 4 nitrogen and oxygen atoms in total. The Hall–Kier alpha value is -0.160. The van der Waals surface area contributed by atoms with Gasteiger partial charge in [-0.25, -0.2) is 0 Å². The van der Waals surface area contributed by atoms with E-state index in [4.69, 9.17) is 4.74 Å². The van der Waals surface area contributed by atoms with Gasteiger partial charge in [-0.2, -0.15) is 0 Å². The fourth-order valence-electron chi connectivity index (χ4n) is 2.01. The first kappa shape index (κ1) is 12.9. The normalized spacial score (nSPS) is 23.6. The molecule has 1 aliphatic rings. The SMILES string of the molecule is CCN(CC(O)CNC)CC1CCCO1. The average Bonchev–Trinajstić information content (AvgIpc) is 2.70. The second-order valence-corrected chi connectivity index (χ2v) is 4.20. The first-order chi connectivity index (χ1) is 7.26. The minimum atomic E-state index is -0.281. The lowest BCUT2D eigenvalue weighted by Gasteiger charge is -2.25. The fourth-order valence-corrected chi connectivity index (χ4v) is 2.01. The lowest BCUT2D eigenvalue weighted by molar-refractivity contribution is 0.0523. The Morgan fingerprint density at radius 2 is 2.40 bits per heavy atom. The summed E-state index contributed by atoms with van der Waals surface area (Å²) in [4.78, 5) is 2.26. The van der Waals surface area contributed by atoms with Crippen molar-refractivity contribution < 1.29 is 9.84 Å². The highest BCUT2D eigenvalue weighted by atomic mass is 16.5. The fraction of sp³-hybridized carbons (Fsp3) is 1.00. The molecule has 1 rings (SSSR count). The molecular weight excluding hydrogens is 192 g/mol. The number of rotatable bonds is 7. The van der Waals surface area contributed by atoms with Crippen molar-refractivity contribution in [2.24, 2.45) is 0 Å². The van der Waals surface area contributed by atoms with Crippen LogP contribution in [0, 0.1) is 0 Å². The van der Waals surface area contributed by atoms with Crippen LogP contribution in [0.25, 0.3) is 0 Å². The molecule has 1 heterocycles. The summed E-state index contributed by atoms with van der Waals surface area (Å²) < 4.78 is 5.59. The quantitative estimate of drug-likeness (QED) is 0.632. The van der Waals surface area contributed by atoms with Gasteiger partial charge in [0, 0.05) is 26.2 Å². The van der Waals surface area contributed by atoms with Crippen LogP contribution in [-0.2, 0) is 4.74 Å². The number of nitrogens with one attached hydrogen (secondary N) is 1. The van der Waals surface area contributed by atoms with Crippen LogP contribution in [0.3, 0.4) is 0 Å². The Bertz CT molecular complexity index is 161. The molecule has 0 aliphatic carbocycles. The molecule has 0 aromatic carbocycles. The monoisotopic (exact) mass is 216 g/mol. The average molecular weight is 216 g/mol. The molecule has 0 aromatic heterocycles. The smallest absolute Gasteiger partial charge is 0.0791 e. The van der Waals surface area contributed by atoms with E-state index in [-0.39, 0.29) is 6.10 Å². The maximum atomic E-state index is 9.68. The molecule has 0 bridgehead atoms. The molecule has 2 atom stereocenters. The van der Waals surface area contributed by atoms with E-state index in [1.165, 1.54) is 12.8 Å². The maximum absolute atomic E-state index is 9.68. The van der Waals surface area contributed by atoms with Gasteiger partial charge in [0.2, 0.25) is 0 Å². The van der Waals surface area contributed by atoms with Crippen LogP contribution in [0.2, 0.25) is 0 Å². The highest BCUT2D eigenvalue weighted by molar-refractivity contribution is 4.72. The summed E-state index contributed by atoms with van der Waals surface area (Å²) in [7, 11) is 1.86. The number of hydrogen-bond donors (Lipinski definition) is 2. The van der Waals surface area contributed by atoms with Gasteiger partial charge in [-0.1, -0.05) is 6.92 Å². The van der Waals surface area contributed by atoms with Crippen molar-refractivity contribution in [2.75, 3.05) is 39.8 Å². The first-order valence-corrected chi connectivity index (χ1v) is 5.92. The maximum Gasteiger partial charge on any atom is 0.0791 e. The largest absolute Gasteiger partial charge is 0.390 e. The molecule has 0 aromatic rings. The van der Waals surface area contributed by atoms with Crippen molar-refractivity contribution in [3.63, 3.8) is 0 Å². The molecule has 15 heavy (non-hydrogen) atoms. The Morgan fingerprint density at radius 3 is 2.93 bits per heavy atom. The van der Waals surface area contributed by atoms with Crippen molar-refractivity contribution in [3.05, 3.63) is 0 Å². The molecule has 0 amide bonds. The topological polar surface area (TPSA) is 44.7 Å². The van der Waals surface area contributed by atoms with Gasteiger partial charge in [0.15, 0.2) is 0 Å². The third-order valence-corrected chi connectivity index (χ3v) is 2.84. The number of likely N-dealkylation sites (N-methyl/N-ethyl adjacent to an activating group) is 2. The number of nitrogens with zero attached hydrogens (tertiary/aromatic N) is 1. The van der Waals surface area contributed by atoms with E-state index >= 15 is 0 Å². The standard InChI is InChI=1S/C11H24N2O2/c1-3-13(8-10(14)7-12-2)9-11-5-4-6-15-11/h10-12,14H,3-9H2,1-2H3. The van der Waals surface area contributed by atoms with E-state index in [9.17, 15) is 5.11 Å². The molecule has 90 valence electrons. The summed E-state index contributed by atoms with van der Waals surface area (Å²) in [5, 5.41) is 12.7. The summed E-state index contributed by atoms with van der Waals surface area (Å²) >= 11 is 0. The molecule has 1 aliphatic heterocycles. The summed E-state index contributed by atoms with van der Waals surface area (Å²) in [5.74, 6) is 0. The van der Waals surface area contributed by atoms with E-state index in [0.717, 1.165) is 26.2 Å². The lowest BCUT2D eigenvalue weighted by Crippen LogP contribution is -2.40. The highest BCUT2D eigenvalue weighted by Crippen LogP contribution is 2.13. The van der Waals surface area contributed by atoms with Gasteiger partial charge in [0.05, 0.1) is 12.2 Å². The van der Waals surface area contributed by atoms with Gasteiger partial charge in [-0.3, -0.25) is 4.90 Å². The van der Waals surface area contributed by atoms with Crippen LogP contribution in [0.4, 0.5) is 0 Å². The number of ether oxygens (including phenoxy) is 1. The Labute approximate surface area is 92.6 Å². The summed E-state index contributed by atoms with van der Waals surface area (Å²) in [5.41, 5.74) is 0. The zero-order valence-corrected chi connectivity index (χ0v) is 9.91. The Morgan fingerprint density at radius 1 is 1.60 bits per heavy atom. The first-order valence-electron chi connectivity index (χ1n) is 5.92. The van der Waals surface area contributed by atoms with Crippen molar-refractivity contribution in [3.8, 4) is 0 Å². The van der Waals surface area contributed by atoms with Gasteiger partial charge >= 0.3 is 0 Å². The van der Waals surface area contributed by atoms with E-state index < -0.39 is 0 Å². The van der Waals surface area contributed by atoms with Crippen LogP contribution in [0.1, 0.15) is 19.8 Å². The van der Waals surface area contributed by atoms with Crippen molar-refractivity contribution >= 4 is 0 Å². The van der Waals surface area contributed by atoms with Gasteiger partial charge < -0.3 is 15.2 Å². The van der Waals surface area contributed by atoms with E-state index in [0.29, 0.717) is 12.6 Å². The number of aliphatic hydroxyl groups excluding tert-OH is 1. The molecule has 2 N–H and O–H groups in total. The number of aliphatic hydroxyl groups is 1. The van der Waals surface area contributed by atoms with E-state index in [1.54, 1.807) is 0 Å².